The Kier molecular flexibility index (Phi) is 4.91. The van der Waals surface area contributed by atoms with Crippen LogP contribution in [-0.2, 0) is 6.42 Å². The van der Waals surface area contributed by atoms with Crippen molar-refractivity contribution >= 4 is 17.5 Å². The minimum atomic E-state index is 0.841. The summed E-state index contributed by atoms with van der Waals surface area (Å²) in [6.45, 7) is 0. The van der Waals surface area contributed by atoms with E-state index in [4.69, 9.17) is 5.73 Å². The lowest BCUT2D eigenvalue weighted by Gasteiger charge is -2.02. The van der Waals surface area contributed by atoms with E-state index >= 15 is 0 Å². The smallest absolute Gasteiger partial charge is 0.0451 e. The lowest BCUT2D eigenvalue weighted by atomic mass is 10.2. The third-order valence-corrected chi connectivity index (χ3v) is 3.53. The van der Waals surface area contributed by atoms with Gasteiger partial charge in [0.05, 0.1) is 0 Å². The second kappa shape index (κ2) is 6.92. The Balaban J connectivity index is 1.81. The summed E-state index contributed by atoms with van der Waals surface area (Å²) in [6, 6.07) is 20.6. The zero-order chi connectivity index (χ0) is 12.6. The molecule has 0 atom stereocenters. The fraction of sp³-hybridized carbons (Fsp3) is 0.125. The van der Waals surface area contributed by atoms with Crippen molar-refractivity contribution < 1.29 is 0 Å². The number of nitrogens with two attached hydrogens (primary N) is 1. The van der Waals surface area contributed by atoms with E-state index in [0.29, 0.717) is 0 Å². The molecule has 0 heterocycles. The van der Waals surface area contributed by atoms with Gasteiger partial charge in [-0.05, 0) is 23.0 Å². The first-order chi connectivity index (χ1) is 8.86. The van der Waals surface area contributed by atoms with Crippen LogP contribution < -0.4 is 5.73 Å². The highest BCUT2D eigenvalue weighted by Crippen LogP contribution is 2.14. The lowest BCUT2D eigenvalue weighted by molar-refractivity contribution is 1.16. The predicted octanol–water partition coefficient (Wildman–Crippen LogP) is 3.92. The second-order valence-corrected chi connectivity index (χ2v) is 5.02. The van der Waals surface area contributed by atoms with Crippen LogP contribution in [0.25, 0.3) is 5.70 Å². The summed E-state index contributed by atoms with van der Waals surface area (Å²) in [6.07, 6.45) is 1.07. The van der Waals surface area contributed by atoms with Crippen molar-refractivity contribution in [2.75, 3.05) is 5.75 Å². The average molecular weight is 255 g/mol. The summed E-state index contributed by atoms with van der Waals surface area (Å²) >= 11 is 1.76. The number of rotatable bonds is 5. The first kappa shape index (κ1) is 12.8. The van der Waals surface area contributed by atoms with Crippen LogP contribution in [0.5, 0.6) is 0 Å². The van der Waals surface area contributed by atoms with Crippen molar-refractivity contribution in [2.24, 2.45) is 5.73 Å². The molecule has 0 aromatic heterocycles. The van der Waals surface area contributed by atoms with Crippen molar-refractivity contribution in [1.29, 1.82) is 0 Å². The van der Waals surface area contributed by atoms with E-state index in [9.17, 15) is 0 Å². The zero-order valence-corrected chi connectivity index (χ0v) is 11.1. The first-order valence-electron chi connectivity index (χ1n) is 6.03. The number of benzene rings is 2. The van der Waals surface area contributed by atoms with Gasteiger partial charge in [-0.2, -0.15) is 0 Å². The van der Waals surface area contributed by atoms with Crippen LogP contribution in [0.3, 0.4) is 0 Å². The summed E-state index contributed by atoms with van der Waals surface area (Å²) in [5.41, 5.74) is 9.32. The van der Waals surface area contributed by atoms with Gasteiger partial charge in [-0.25, -0.2) is 0 Å². The van der Waals surface area contributed by atoms with Gasteiger partial charge in [0, 0.05) is 11.4 Å². The maximum atomic E-state index is 6.01. The van der Waals surface area contributed by atoms with Gasteiger partial charge < -0.3 is 5.73 Å². The Morgan fingerprint density at radius 3 is 2.22 bits per heavy atom. The summed E-state index contributed by atoms with van der Waals surface area (Å²) in [5.74, 6) is 1.05. The first-order valence-corrected chi connectivity index (χ1v) is 7.08. The molecule has 0 unspecified atom stereocenters. The van der Waals surface area contributed by atoms with Gasteiger partial charge in [0.25, 0.3) is 0 Å². The largest absolute Gasteiger partial charge is 0.398 e. The van der Waals surface area contributed by atoms with E-state index in [1.54, 1.807) is 11.8 Å². The molecule has 0 fully saturated rings. The Morgan fingerprint density at radius 1 is 0.944 bits per heavy atom. The number of hydrogen-bond acceptors (Lipinski definition) is 2. The van der Waals surface area contributed by atoms with Crippen LogP contribution in [0.2, 0.25) is 0 Å². The van der Waals surface area contributed by atoms with Crippen molar-refractivity contribution in [3.63, 3.8) is 0 Å². The Hall–Kier alpha value is -1.67. The molecule has 0 aliphatic carbocycles. The Morgan fingerprint density at radius 2 is 1.56 bits per heavy atom. The molecule has 1 nitrogen and oxygen atoms in total. The molecule has 2 rings (SSSR count). The van der Waals surface area contributed by atoms with Gasteiger partial charge in [0.2, 0.25) is 0 Å². The van der Waals surface area contributed by atoms with Gasteiger partial charge in [-0.1, -0.05) is 60.7 Å². The van der Waals surface area contributed by atoms with Crippen LogP contribution in [0, 0.1) is 0 Å². The minimum absolute atomic E-state index is 0.841. The van der Waals surface area contributed by atoms with Crippen LogP contribution in [0.15, 0.2) is 66.1 Å². The maximum Gasteiger partial charge on any atom is 0.0451 e. The van der Waals surface area contributed by atoms with Gasteiger partial charge in [0.15, 0.2) is 0 Å². The normalized spacial score (nSPS) is 11.4. The van der Waals surface area contributed by atoms with E-state index in [0.717, 1.165) is 23.4 Å². The second-order valence-electron chi connectivity index (χ2n) is 4.05. The number of thioether (sulfide) groups is 1. The molecule has 18 heavy (non-hydrogen) atoms. The molecule has 0 aliphatic rings. The monoisotopic (exact) mass is 255 g/mol. The third kappa shape index (κ3) is 3.97. The quantitative estimate of drug-likeness (QED) is 0.819. The number of aryl methyl sites for hydroxylation is 1. The molecule has 2 heteroatoms. The molecule has 2 aromatic rings. The lowest BCUT2D eigenvalue weighted by Crippen LogP contribution is -1.95. The molecule has 0 amide bonds. The van der Waals surface area contributed by atoms with Crippen molar-refractivity contribution in [1.82, 2.24) is 0 Å². The Bertz CT molecular complexity index is 491. The SMILES string of the molecule is N/C(=C/SCCc1ccccc1)c1ccccc1. The predicted molar refractivity (Wildman–Crippen MR) is 81.2 cm³/mol. The van der Waals surface area contributed by atoms with Crippen LogP contribution >= 0.6 is 11.8 Å². The number of hydrogen-bond donors (Lipinski definition) is 1. The Labute approximate surface area is 113 Å². The van der Waals surface area contributed by atoms with Crippen molar-refractivity contribution in [3.05, 3.63) is 77.2 Å². The van der Waals surface area contributed by atoms with Crippen LogP contribution in [-0.4, -0.2) is 5.75 Å². The van der Waals surface area contributed by atoms with Gasteiger partial charge >= 0.3 is 0 Å². The summed E-state index contributed by atoms with van der Waals surface area (Å²) in [5, 5.41) is 2.04. The topological polar surface area (TPSA) is 26.0 Å². The van der Waals surface area contributed by atoms with E-state index < -0.39 is 0 Å². The van der Waals surface area contributed by atoms with E-state index in [2.05, 4.69) is 24.3 Å². The highest BCUT2D eigenvalue weighted by atomic mass is 32.2. The molecular formula is C16H17NS. The summed E-state index contributed by atoms with van der Waals surface area (Å²) in [4.78, 5) is 0. The fourth-order valence-corrected chi connectivity index (χ4v) is 2.46. The maximum absolute atomic E-state index is 6.01. The zero-order valence-electron chi connectivity index (χ0n) is 10.3. The van der Waals surface area contributed by atoms with Crippen LogP contribution in [0.4, 0.5) is 0 Å². The highest BCUT2D eigenvalue weighted by Gasteiger charge is 1.95. The molecular weight excluding hydrogens is 238 g/mol. The minimum Gasteiger partial charge on any atom is -0.398 e. The van der Waals surface area contributed by atoms with Gasteiger partial charge in [-0.15, -0.1) is 11.8 Å². The molecule has 2 N–H and O–H groups in total. The van der Waals surface area contributed by atoms with Crippen molar-refractivity contribution in [2.45, 2.75) is 6.42 Å². The van der Waals surface area contributed by atoms with Crippen molar-refractivity contribution in [3.8, 4) is 0 Å². The molecule has 0 spiro atoms. The van der Waals surface area contributed by atoms with E-state index in [1.807, 2.05) is 41.8 Å². The summed E-state index contributed by atoms with van der Waals surface area (Å²) < 4.78 is 0. The molecule has 0 bridgehead atoms. The molecule has 92 valence electrons. The summed E-state index contributed by atoms with van der Waals surface area (Å²) in [7, 11) is 0. The molecule has 0 saturated carbocycles. The van der Waals surface area contributed by atoms with E-state index in [1.165, 1.54) is 5.56 Å². The molecule has 0 saturated heterocycles. The van der Waals surface area contributed by atoms with Gasteiger partial charge in [0.1, 0.15) is 0 Å². The third-order valence-electron chi connectivity index (χ3n) is 2.67. The molecule has 0 aliphatic heterocycles. The highest BCUT2D eigenvalue weighted by molar-refractivity contribution is 8.02. The standard InChI is InChI=1S/C16H17NS/c17-16(15-9-5-2-6-10-15)13-18-12-11-14-7-3-1-4-8-14/h1-10,13H,11-12,17H2/b16-13+. The average Bonchev–Trinajstić information content (AvgIpc) is 2.45. The molecule has 2 aromatic carbocycles. The molecule has 0 radical (unpaired) electrons. The van der Waals surface area contributed by atoms with Crippen LogP contribution in [0.1, 0.15) is 11.1 Å². The van der Waals surface area contributed by atoms with Gasteiger partial charge in [-0.3, -0.25) is 0 Å². The van der Waals surface area contributed by atoms with E-state index in [-0.39, 0.29) is 0 Å². The fourth-order valence-electron chi connectivity index (χ4n) is 1.67.